The fraction of sp³-hybridized carbons (Fsp3) is 0.211. The van der Waals surface area contributed by atoms with Crippen LogP contribution in [0.1, 0.15) is 25.3 Å². The van der Waals surface area contributed by atoms with Gasteiger partial charge in [-0.15, -0.1) is 5.10 Å². The number of rotatable bonds is 6. The molecule has 3 aromatic rings. The van der Waals surface area contributed by atoms with Crippen LogP contribution in [0, 0.1) is 5.82 Å². The number of nitrogens with one attached hydrogen (secondary N) is 1. The molecular weight excluding hydrogens is 337 g/mol. The van der Waals surface area contributed by atoms with Crippen molar-refractivity contribution in [1.82, 2.24) is 10.2 Å². The first-order valence-electron chi connectivity index (χ1n) is 8.13. The third kappa shape index (κ3) is 4.44. The highest BCUT2D eigenvalue weighted by atomic mass is 19.1. The lowest BCUT2D eigenvalue weighted by atomic mass is 10.0. The summed E-state index contributed by atoms with van der Waals surface area (Å²) in [7, 11) is 0. The Labute approximate surface area is 150 Å². The first-order valence-corrected chi connectivity index (χ1v) is 8.13. The van der Waals surface area contributed by atoms with Gasteiger partial charge in [-0.1, -0.05) is 37.1 Å². The normalized spacial score (nSPS) is 10.8. The van der Waals surface area contributed by atoms with E-state index in [4.69, 9.17) is 9.15 Å². The van der Waals surface area contributed by atoms with Crippen LogP contribution in [0.2, 0.25) is 0 Å². The summed E-state index contributed by atoms with van der Waals surface area (Å²) in [6.45, 7) is 4.01. The Balaban J connectivity index is 1.55. The molecule has 0 fully saturated rings. The maximum Gasteiger partial charge on any atom is 0.322 e. The van der Waals surface area contributed by atoms with E-state index in [1.54, 1.807) is 6.07 Å². The Morgan fingerprint density at radius 3 is 2.65 bits per heavy atom. The molecule has 1 aromatic heterocycles. The fourth-order valence-electron chi connectivity index (χ4n) is 2.27. The predicted octanol–water partition coefficient (Wildman–Crippen LogP) is 4.02. The summed E-state index contributed by atoms with van der Waals surface area (Å²) in [5.74, 6) is 0.285. The van der Waals surface area contributed by atoms with Crippen molar-refractivity contribution in [2.45, 2.75) is 19.8 Å². The van der Waals surface area contributed by atoms with Crippen LogP contribution in [-0.4, -0.2) is 22.7 Å². The first-order chi connectivity index (χ1) is 12.5. The van der Waals surface area contributed by atoms with Gasteiger partial charge in [0, 0.05) is 5.56 Å². The zero-order valence-electron chi connectivity index (χ0n) is 14.4. The Bertz CT molecular complexity index is 891. The molecular formula is C19H18FN3O3. The van der Waals surface area contributed by atoms with E-state index in [0.29, 0.717) is 17.2 Å². The second-order valence-corrected chi connectivity index (χ2v) is 5.98. The van der Waals surface area contributed by atoms with Gasteiger partial charge in [0.1, 0.15) is 11.6 Å². The van der Waals surface area contributed by atoms with Gasteiger partial charge >= 0.3 is 6.01 Å². The topological polar surface area (TPSA) is 77.2 Å². The number of ether oxygens (including phenoxy) is 1. The SMILES string of the molecule is CC(C)c1ccc(OCC(=O)Nc2nnc(-c3cccc(F)c3)o2)cc1. The molecule has 0 saturated heterocycles. The zero-order chi connectivity index (χ0) is 18.5. The molecule has 0 bridgehead atoms. The van der Waals surface area contributed by atoms with Crippen LogP contribution in [0.25, 0.3) is 11.5 Å². The lowest BCUT2D eigenvalue weighted by Gasteiger charge is -2.08. The van der Waals surface area contributed by atoms with Crippen LogP contribution < -0.4 is 10.1 Å². The minimum atomic E-state index is -0.438. The van der Waals surface area contributed by atoms with Crippen molar-refractivity contribution >= 4 is 11.9 Å². The third-order valence-corrected chi connectivity index (χ3v) is 3.66. The van der Waals surface area contributed by atoms with E-state index in [0.717, 1.165) is 0 Å². The van der Waals surface area contributed by atoms with E-state index < -0.39 is 11.7 Å². The third-order valence-electron chi connectivity index (χ3n) is 3.66. The Morgan fingerprint density at radius 2 is 1.96 bits per heavy atom. The van der Waals surface area contributed by atoms with E-state index in [-0.39, 0.29) is 18.5 Å². The second-order valence-electron chi connectivity index (χ2n) is 5.98. The number of carbonyl (C=O) groups excluding carboxylic acids is 1. The van der Waals surface area contributed by atoms with Crippen LogP contribution in [0.3, 0.4) is 0 Å². The van der Waals surface area contributed by atoms with Crippen LogP contribution in [-0.2, 0) is 4.79 Å². The van der Waals surface area contributed by atoms with Gasteiger partial charge in [0.05, 0.1) is 0 Å². The van der Waals surface area contributed by atoms with Gasteiger partial charge in [-0.3, -0.25) is 10.1 Å². The van der Waals surface area contributed by atoms with E-state index in [1.807, 2.05) is 24.3 Å². The van der Waals surface area contributed by atoms with Gasteiger partial charge in [-0.2, -0.15) is 0 Å². The molecule has 134 valence electrons. The van der Waals surface area contributed by atoms with Crippen molar-refractivity contribution in [3.05, 3.63) is 59.9 Å². The standard InChI is InChI=1S/C19H18FN3O3/c1-12(2)13-6-8-16(9-7-13)25-11-17(24)21-19-23-22-18(26-19)14-4-3-5-15(20)10-14/h3-10,12H,11H2,1-2H3,(H,21,23,24). The summed E-state index contributed by atoms with van der Waals surface area (Å²) in [6.07, 6.45) is 0. The van der Waals surface area contributed by atoms with Crippen molar-refractivity contribution in [2.75, 3.05) is 11.9 Å². The van der Waals surface area contributed by atoms with Gasteiger partial charge in [0.15, 0.2) is 6.61 Å². The summed E-state index contributed by atoms with van der Waals surface area (Å²) >= 11 is 0. The molecule has 26 heavy (non-hydrogen) atoms. The van der Waals surface area contributed by atoms with Crippen LogP contribution in [0.4, 0.5) is 10.4 Å². The summed E-state index contributed by atoms with van der Waals surface area (Å²) < 4.78 is 24.0. The Morgan fingerprint density at radius 1 is 1.19 bits per heavy atom. The van der Waals surface area contributed by atoms with E-state index in [9.17, 15) is 9.18 Å². The van der Waals surface area contributed by atoms with Crippen LogP contribution in [0.5, 0.6) is 5.75 Å². The van der Waals surface area contributed by atoms with Gasteiger partial charge in [0.2, 0.25) is 5.89 Å². The molecule has 0 atom stereocenters. The van der Waals surface area contributed by atoms with Crippen LogP contribution >= 0.6 is 0 Å². The van der Waals surface area contributed by atoms with E-state index >= 15 is 0 Å². The number of nitrogens with zero attached hydrogens (tertiary/aromatic N) is 2. The van der Waals surface area contributed by atoms with Crippen molar-refractivity contribution in [3.8, 4) is 17.2 Å². The number of hydrogen-bond acceptors (Lipinski definition) is 5. The number of amides is 1. The molecule has 2 aromatic carbocycles. The quantitative estimate of drug-likeness (QED) is 0.723. The maximum absolute atomic E-state index is 13.2. The number of aromatic nitrogens is 2. The predicted molar refractivity (Wildman–Crippen MR) is 94.3 cm³/mol. The largest absolute Gasteiger partial charge is 0.484 e. The summed E-state index contributed by atoms with van der Waals surface area (Å²) in [5, 5.41) is 9.96. The highest BCUT2D eigenvalue weighted by Crippen LogP contribution is 2.21. The molecule has 0 unspecified atom stereocenters. The molecule has 0 aliphatic rings. The number of anilines is 1. The lowest BCUT2D eigenvalue weighted by molar-refractivity contribution is -0.118. The molecule has 1 N–H and O–H groups in total. The monoisotopic (exact) mass is 355 g/mol. The average molecular weight is 355 g/mol. The highest BCUT2D eigenvalue weighted by Gasteiger charge is 2.12. The van der Waals surface area contributed by atoms with E-state index in [2.05, 4.69) is 29.4 Å². The van der Waals surface area contributed by atoms with Gasteiger partial charge in [-0.05, 0) is 41.8 Å². The fourth-order valence-corrected chi connectivity index (χ4v) is 2.27. The number of benzene rings is 2. The molecule has 6 nitrogen and oxygen atoms in total. The second kappa shape index (κ2) is 7.77. The van der Waals surface area contributed by atoms with Crippen molar-refractivity contribution in [3.63, 3.8) is 0 Å². The van der Waals surface area contributed by atoms with Gasteiger partial charge < -0.3 is 9.15 Å². The minimum absolute atomic E-state index is 0.0759. The molecule has 0 saturated carbocycles. The molecule has 0 aliphatic carbocycles. The molecule has 1 amide bonds. The number of hydrogen-bond donors (Lipinski definition) is 1. The van der Waals surface area contributed by atoms with Gasteiger partial charge in [-0.25, -0.2) is 4.39 Å². The molecule has 1 heterocycles. The smallest absolute Gasteiger partial charge is 0.322 e. The molecule has 0 radical (unpaired) electrons. The van der Waals surface area contributed by atoms with Crippen molar-refractivity contribution < 1.29 is 18.3 Å². The molecule has 3 rings (SSSR count). The van der Waals surface area contributed by atoms with Crippen LogP contribution in [0.15, 0.2) is 52.9 Å². The van der Waals surface area contributed by atoms with Crippen molar-refractivity contribution in [2.24, 2.45) is 0 Å². The average Bonchev–Trinajstić information content (AvgIpc) is 3.09. The van der Waals surface area contributed by atoms with Crippen molar-refractivity contribution in [1.29, 1.82) is 0 Å². The zero-order valence-corrected chi connectivity index (χ0v) is 14.4. The molecule has 0 aliphatic heterocycles. The lowest BCUT2D eigenvalue weighted by Crippen LogP contribution is -2.20. The summed E-state index contributed by atoms with van der Waals surface area (Å²) in [5.41, 5.74) is 1.62. The summed E-state index contributed by atoms with van der Waals surface area (Å²) in [4.78, 5) is 11.9. The first kappa shape index (κ1) is 17.6. The number of carbonyl (C=O) groups is 1. The summed E-state index contributed by atoms with van der Waals surface area (Å²) in [6, 6.07) is 13.2. The highest BCUT2D eigenvalue weighted by molar-refractivity contribution is 5.89. The minimum Gasteiger partial charge on any atom is -0.484 e. The number of halogens is 1. The van der Waals surface area contributed by atoms with E-state index in [1.165, 1.54) is 23.8 Å². The molecule has 0 spiro atoms. The maximum atomic E-state index is 13.2. The Hall–Kier alpha value is -3.22. The molecule has 7 heteroatoms. The van der Waals surface area contributed by atoms with Gasteiger partial charge in [0.25, 0.3) is 5.91 Å². The Kier molecular flexibility index (Phi) is 5.26.